The minimum absolute atomic E-state index is 0.756. The van der Waals surface area contributed by atoms with Gasteiger partial charge >= 0.3 is 0 Å². The first-order valence-electron chi connectivity index (χ1n) is 7.09. The fourth-order valence-corrected chi connectivity index (χ4v) is 3.25. The number of nitrogens with zero attached hydrogens (tertiary/aromatic N) is 1. The van der Waals surface area contributed by atoms with Crippen LogP contribution in [0.15, 0.2) is 12.2 Å². The van der Waals surface area contributed by atoms with Gasteiger partial charge in [-0.1, -0.05) is 26.0 Å². The van der Waals surface area contributed by atoms with E-state index in [0.717, 1.165) is 23.8 Å². The Morgan fingerprint density at radius 1 is 1.12 bits per heavy atom. The molecule has 0 spiro atoms. The number of piperidine rings is 1. The van der Waals surface area contributed by atoms with Crippen molar-refractivity contribution < 1.29 is 0 Å². The largest absolute Gasteiger partial charge is 0.300 e. The minimum Gasteiger partial charge on any atom is -0.300 e. The SMILES string of the molecule is CC1C=CC([C@H](C)N2CCCC(C)C2)CC1. The molecule has 1 fully saturated rings. The Morgan fingerprint density at radius 2 is 1.94 bits per heavy atom. The van der Waals surface area contributed by atoms with Crippen molar-refractivity contribution in [3.8, 4) is 0 Å². The fourth-order valence-electron chi connectivity index (χ4n) is 3.25. The van der Waals surface area contributed by atoms with Crippen LogP contribution in [0, 0.1) is 17.8 Å². The molecule has 0 bridgehead atoms. The van der Waals surface area contributed by atoms with Gasteiger partial charge in [-0.25, -0.2) is 0 Å². The summed E-state index contributed by atoms with van der Waals surface area (Å²) in [5.41, 5.74) is 0. The van der Waals surface area contributed by atoms with Crippen molar-refractivity contribution >= 4 is 0 Å². The van der Waals surface area contributed by atoms with Crippen molar-refractivity contribution in [2.45, 2.75) is 52.5 Å². The number of likely N-dealkylation sites (tertiary alicyclic amines) is 1. The van der Waals surface area contributed by atoms with Crippen molar-refractivity contribution in [2.24, 2.45) is 17.8 Å². The third kappa shape index (κ3) is 2.88. The first-order valence-corrected chi connectivity index (χ1v) is 7.09. The summed E-state index contributed by atoms with van der Waals surface area (Å²) < 4.78 is 0. The summed E-state index contributed by atoms with van der Waals surface area (Å²) in [6.07, 6.45) is 10.5. The number of rotatable bonds is 2. The molecule has 0 aromatic rings. The summed E-state index contributed by atoms with van der Waals surface area (Å²) in [5.74, 6) is 2.52. The highest BCUT2D eigenvalue weighted by molar-refractivity contribution is 5.00. The molecule has 4 atom stereocenters. The lowest BCUT2D eigenvalue weighted by Crippen LogP contribution is -2.44. The van der Waals surface area contributed by atoms with Gasteiger partial charge in [0.2, 0.25) is 0 Å². The van der Waals surface area contributed by atoms with Crippen LogP contribution in [0.25, 0.3) is 0 Å². The average molecular weight is 221 g/mol. The third-order valence-corrected chi connectivity index (χ3v) is 4.53. The van der Waals surface area contributed by atoms with Gasteiger partial charge in [0.15, 0.2) is 0 Å². The lowest BCUT2D eigenvalue weighted by molar-refractivity contribution is 0.108. The smallest absolute Gasteiger partial charge is 0.0130 e. The van der Waals surface area contributed by atoms with Crippen LogP contribution in [-0.2, 0) is 0 Å². The number of hydrogen-bond donors (Lipinski definition) is 0. The van der Waals surface area contributed by atoms with E-state index in [2.05, 4.69) is 37.8 Å². The molecule has 1 aliphatic heterocycles. The molecule has 92 valence electrons. The van der Waals surface area contributed by atoms with Crippen LogP contribution in [0.4, 0.5) is 0 Å². The zero-order chi connectivity index (χ0) is 11.5. The van der Waals surface area contributed by atoms with E-state index in [1.807, 2.05) is 0 Å². The summed E-state index contributed by atoms with van der Waals surface area (Å²) in [5, 5.41) is 0. The number of allylic oxidation sites excluding steroid dienone is 1. The molecular formula is C15H27N. The van der Waals surface area contributed by atoms with Crippen LogP contribution in [0.3, 0.4) is 0 Å². The predicted molar refractivity (Wildman–Crippen MR) is 70.5 cm³/mol. The van der Waals surface area contributed by atoms with Gasteiger partial charge < -0.3 is 0 Å². The molecule has 3 unspecified atom stereocenters. The van der Waals surface area contributed by atoms with Gasteiger partial charge in [-0.05, 0) is 56.9 Å². The Morgan fingerprint density at radius 3 is 2.56 bits per heavy atom. The van der Waals surface area contributed by atoms with Crippen molar-refractivity contribution in [2.75, 3.05) is 13.1 Å². The van der Waals surface area contributed by atoms with Crippen molar-refractivity contribution in [3.05, 3.63) is 12.2 Å². The molecule has 0 aromatic carbocycles. The topological polar surface area (TPSA) is 3.24 Å². The molecule has 1 aliphatic carbocycles. The van der Waals surface area contributed by atoms with E-state index in [9.17, 15) is 0 Å². The standard InChI is InChI=1S/C15H27N/c1-12-6-8-15(9-7-12)14(3)16-10-4-5-13(2)11-16/h6,8,12-15H,4-5,7,9-11H2,1-3H3/t12?,13?,14-,15?/m0/s1. The summed E-state index contributed by atoms with van der Waals surface area (Å²) in [7, 11) is 0. The maximum absolute atomic E-state index is 2.72. The van der Waals surface area contributed by atoms with Crippen LogP contribution in [0.2, 0.25) is 0 Å². The lowest BCUT2D eigenvalue weighted by atomic mass is 9.84. The maximum atomic E-state index is 2.72. The Bertz CT molecular complexity index is 246. The zero-order valence-corrected chi connectivity index (χ0v) is 11.2. The van der Waals surface area contributed by atoms with Crippen molar-refractivity contribution in [1.29, 1.82) is 0 Å². The quantitative estimate of drug-likeness (QED) is 0.643. The van der Waals surface area contributed by atoms with Gasteiger partial charge in [0, 0.05) is 12.6 Å². The molecule has 1 saturated heterocycles. The molecule has 0 radical (unpaired) electrons. The van der Waals surface area contributed by atoms with Crippen LogP contribution in [-0.4, -0.2) is 24.0 Å². The maximum Gasteiger partial charge on any atom is 0.0130 e. The van der Waals surface area contributed by atoms with Crippen LogP contribution >= 0.6 is 0 Å². The summed E-state index contributed by atoms with van der Waals surface area (Å²) in [4.78, 5) is 2.72. The van der Waals surface area contributed by atoms with Gasteiger partial charge in [-0.2, -0.15) is 0 Å². The molecule has 1 nitrogen and oxygen atoms in total. The molecular weight excluding hydrogens is 194 g/mol. The van der Waals surface area contributed by atoms with E-state index < -0.39 is 0 Å². The molecule has 2 aliphatic rings. The molecule has 1 heteroatoms. The second-order valence-corrected chi connectivity index (χ2v) is 6.09. The van der Waals surface area contributed by atoms with Crippen LogP contribution < -0.4 is 0 Å². The molecule has 0 aromatic heterocycles. The van der Waals surface area contributed by atoms with E-state index in [0.29, 0.717) is 0 Å². The van der Waals surface area contributed by atoms with Gasteiger partial charge in [0.25, 0.3) is 0 Å². The van der Waals surface area contributed by atoms with E-state index in [1.165, 1.54) is 38.8 Å². The lowest BCUT2D eigenvalue weighted by Gasteiger charge is -2.39. The third-order valence-electron chi connectivity index (χ3n) is 4.53. The zero-order valence-electron chi connectivity index (χ0n) is 11.2. The summed E-state index contributed by atoms with van der Waals surface area (Å²) in [6, 6.07) is 0.756. The Hall–Kier alpha value is -0.300. The second-order valence-electron chi connectivity index (χ2n) is 6.09. The highest BCUT2D eigenvalue weighted by Crippen LogP contribution is 2.29. The van der Waals surface area contributed by atoms with Crippen molar-refractivity contribution in [3.63, 3.8) is 0 Å². The van der Waals surface area contributed by atoms with E-state index >= 15 is 0 Å². The molecule has 0 saturated carbocycles. The van der Waals surface area contributed by atoms with Crippen LogP contribution in [0.5, 0.6) is 0 Å². The minimum atomic E-state index is 0.756. The van der Waals surface area contributed by atoms with Gasteiger partial charge in [-0.15, -0.1) is 0 Å². The molecule has 1 heterocycles. The fraction of sp³-hybridized carbons (Fsp3) is 0.867. The van der Waals surface area contributed by atoms with E-state index in [1.54, 1.807) is 0 Å². The predicted octanol–water partition coefficient (Wildman–Crippen LogP) is 3.71. The molecule has 0 N–H and O–H groups in total. The highest BCUT2D eigenvalue weighted by atomic mass is 15.2. The second kappa shape index (κ2) is 5.35. The van der Waals surface area contributed by atoms with E-state index in [-0.39, 0.29) is 0 Å². The van der Waals surface area contributed by atoms with Gasteiger partial charge in [0.05, 0.1) is 0 Å². The van der Waals surface area contributed by atoms with Gasteiger partial charge in [0.1, 0.15) is 0 Å². The summed E-state index contributed by atoms with van der Waals surface area (Å²) in [6.45, 7) is 9.81. The van der Waals surface area contributed by atoms with E-state index in [4.69, 9.17) is 0 Å². The molecule has 2 rings (SSSR count). The van der Waals surface area contributed by atoms with Crippen LogP contribution in [0.1, 0.15) is 46.5 Å². The Kier molecular flexibility index (Phi) is 4.07. The normalized spacial score (nSPS) is 38.6. The van der Waals surface area contributed by atoms with Crippen molar-refractivity contribution in [1.82, 2.24) is 4.90 Å². The highest BCUT2D eigenvalue weighted by Gasteiger charge is 2.26. The average Bonchev–Trinajstić information content (AvgIpc) is 2.29. The monoisotopic (exact) mass is 221 g/mol. The van der Waals surface area contributed by atoms with Gasteiger partial charge in [-0.3, -0.25) is 4.90 Å². The Labute approximate surface area is 101 Å². The number of hydrogen-bond acceptors (Lipinski definition) is 1. The Balaban J connectivity index is 1.91. The molecule has 0 amide bonds. The first-order chi connectivity index (χ1) is 7.66. The first kappa shape index (κ1) is 12.2. The molecule has 16 heavy (non-hydrogen) atoms. The summed E-state index contributed by atoms with van der Waals surface area (Å²) >= 11 is 0.